The Hall–Kier alpha value is -1.39. The lowest BCUT2D eigenvalue weighted by atomic mass is 9.93. The highest BCUT2D eigenvalue weighted by Crippen LogP contribution is 2.37. The minimum absolute atomic E-state index is 0.0446. The zero-order valence-corrected chi connectivity index (χ0v) is 12.1. The molecule has 0 radical (unpaired) electrons. The molecule has 3 rings (SSSR count). The third kappa shape index (κ3) is 2.34. The molecule has 2 aliphatic rings. The summed E-state index contributed by atoms with van der Waals surface area (Å²) in [4.78, 5) is 13.5. The van der Waals surface area contributed by atoms with Gasteiger partial charge < -0.3 is 9.84 Å². The second-order valence-corrected chi connectivity index (χ2v) is 5.90. The van der Waals surface area contributed by atoms with E-state index in [1.165, 1.54) is 0 Å². The van der Waals surface area contributed by atoms with Gasteiger partial charge in [0.1, 0.15) is 24.2 Å². The monoisotopic (exact) mass is 275 g/mol. The predicted octanol–water partition coefficient (Wildman–Crippen LogP) is 1.76. The molecule has 2 atom stereocenters. The van der Waals surface area contributed by atoms with E-state index in [9.17, 15) is 9.90 Å². The second-order valence-electron chi connectivity index (χ2n) is 5.90. The van der Waals surface area contributed by atoms with Crippen molar-refractivity contribution in [2.45, 2.75) is 38.8 Å². The fourth-order valence-corrected chi connectivity index (χ4v) is 3.28. The molecule has 0 spiro atoms. The number of aliphatic hydroxyl groups excluding tert-OH is 1. The molecule has 0 amide bonds. The molecule has 20 heavy (non-hydrogen) atoms. The molecule has 108 valence electrons. The number of aryl methyl sites for hydroxylation is 2. The number of aliphatic hydroxyl groups is 1. The summed E-state index contributed by atoms with van der Waals surface area (Å²) >= 11 is 0. The molecule has 2 unspecified atom stereocenters. The van der Waals surface area contributed by atoms with Crippen LogP contribution in [0.25, 0.3) is 0 Å². The molecule has 1 N–H and O–H groups in total. The van der Waals surface area contributed by atoms with Gasteiger partial charge >= 0.3 is 0 Å². The zero-order valence-electron chi connectivity index (χ0n) is 12.1. The van der Waals surface area contributed by atoms with Crippen LogP contribution in [-0.2, 0) is 4.79 Å². The summed E-state index contributed by atoms with van der Waals surface area (Å²) in [6.45, 7) is 5.99. The quantitative estimate of drug-likeness (QED) is 0.848. The van der Waals surface area contributed by atoms with Crippen LogP contribution in [-0.4, -0.2) is 41.5 Å². The molecule has 1 fully saturated rings. The van der Waals surface area contributed by atoms with Crippen molar-refractivity contribution < 1.29 is 14.6 Å². The molecular formula is C16H21NO3. The van der Waals surface area contributed by atoms with Gasteiger partial charge in [0.05, 0.1) is 6.04 Å². The lowest BCUT2D eigenvalue weighted by molar-refractivity contribution is -0.123. The minimum atomic E-state index is -0.537. The van der Waals surface area contributed by atoms with Crippen molar-refractivity contribution in [1.29, 1.82) is 0 Å². The van der Waals surface area contributed by atoms with Crippen LogP contribution in [0, 0.1) is 13.8 Å². The summed E-state index contributed by atoms with van der Waals surface area (Å²) in [7, 11) is 0. The maximum atomic E-state index is 11.3. The van der Waals surface area contributed by atoms with E-state index in [0.717, 1.165) is 35.5 Å². The van der Waals surface area contributed by atoms with Gasteiger partial charge in [0, 0.05) is 31.5 Å². The van der Waals surface area contributed by atoms with Gasteiger partial charge in [-0.05, 0) is 25.5 Å². The van der Waals surface area contributed by atoms with E-state index in [1.54, 1.807) is 0 Å². The van der Waals surface area contributed by atoms with Gasteiger partial charge in [0.2, 0.25) is 0 Å². The van der Waals surface area contributed by atoms with Crippen molar-refractivity contribution >= 4 is 5.78 Å². The van der Waals surface area contributed by atoms with E-state index in [-0.39, 0.29) is 6.04 Å². The first-order valence-corrected chi connectivity index (χ1v) is 7.24. The van der Waals surface area contributed by atoms with Crippen LogP contribution in [0.1, 0.15) is 35.6 Å². The lowest BCUT2D eigenvalue weighted by Gasteiger charge is -2.40. The number of benzene rings is 1. The Balaban J connectivity index is 1.85. The highest BCUT2D eigenvalue weighted by molar-refractivity contribution is 5.79. The first kappa shape index (κ1) is 13.6. The molecule has 0 aromatic heterocycles. The van der Waals surface area contributed by atoms with Crippen LogP contribution in [0.4, 0.5) is 0 Å². The van der Waals surface area contributed by atoms with E-state index in [1.807, 2.05) is 19.9 Å². The molecule has 0 aliphatic carbocycles. The number of ether oxygens (including phenoxy) is 1. The Labute approximate surface area is 119 Å². The number of carbonyl (C=O) groups excluding carboxylic acids is 1. The van der Waals surface area contributed by atoms with E-state index >= 15 is 0 Å². The number of hydrogen-bond donors (Lipinski definition) is 1. The van der Waals surface area contributed by atoms with Gasteiger partial charge in [-0.2, -0.15) is 0 Å². The van der Waals surface area contributed by atoms with Crippen LogP contribution in [0.3, 0.4) is 0 Å². The molecule has 1 saturated heterocycles. The topological polar surface area (TPSA) is 49.8 Å². The number of rotatable bonds is 1. The average Bonchev–Trinajstić information content (AvgIpc) is 2.41. The number of ketones is 1. The lowest BCUT2D eigenvalue weighted by Crippen LogP contribution is -2.49. The van der Waals surface area contributed by atoms with Crippen molar-refractivity contribution in [2.24, 2.45) is 0 Å². The molecule has 0 saturated carbocycles. The average molecular weight is 275 g/mol. The Bertz CT molecular complexity index is 531. The van der Waals surface area contributed by atoms with E-state index in [0.29, 0.717) is 25.2 Å². The Kier molecular flexibility index (Phi) is 3.52. The molecule has 4 nitrogen and oxygen atoms in total. The second kappa shape index (κ2) is 5.19. The number of hydrogen-bond acceptors (Lipinski definition) is 4. The summed E-state index contributed by atoms with van der Waals surface area (Å²) in [5.41, 5.74) is 3.10. The zero-order chi connectivity index (χ0) is 14.3. The summed E-state index contributed by atoms with van der Waals surface area (Å²) in [5.74, 6) is 1.15. The van der Waals surface area contributed by atoms with Crippen molar-refractivity contribution in [3.8, 4) is 5.75 Å². The third-order valence-electron chi connectivity index (χ3n) is 4.35. The van der Waals surface area contributed by atoms with E-state index < -0.39 is 6.10 Å². The van der Waals surface area contributed by atoms with Crippen molar-refractivity contribution in [2.75, 3.05) is 19.7 Å². The van der Waals surface area contributed by atoms with Gasteiger partial charge in [-0.3, -0.25) is 9.69 Å². The number of piperidine rings is 1. The van der Waals surface area contributed by atoms with Crippen LogP contribution >= 0.6 is 0 Å². The van der Waals surface area contributed by atoms with Gasteiger partial charge in [-0.25, -0.2) is 0 Å². The van der Waals surface area contributed by atoms with Gasteiger partial charge in [0.15, 0.2) is 0 Å². The minimum Gasteiger partial charge on any atom is -0.491 e. The normalized spacial score (nSPS) is 27.1. The maximum Gasteiger partial charge on any atom is 0.135 e. The third-order valence-corrected chi connectivity index (χ3v) is 4.35. The van der Waals surface area contributed by atoms with Gasteiger partial charge in [0.25, 0.3) is 0 Å². The number of nitrogens with zero attached hydrogens (tertiary/aromatic N) is 1. The van der Waals surface area contributed by atoms with Crippen molar-refractivity contribution in [3.05, 3.63) is 28.8 Å². The van der Waals surface area contributed by atoms with Gasteiger partial charge in [-0.1, -0.05) is 11.6 Å². The van der Waals surface area contributed by atoms with E-state index in [4.69, 9.17) is 4.74 Å². The van der Waals surface area contributed by atoms with Crippen LogP contribution in [0.2, 0.25) is 0 Å². The summed E-state index contributed by atoms with van der Waals surface area (Å²) in [5, 5.41) is 10.7. The van der Waals surface area contributed by atoms with Crippen LogP contribution < -0.4 is 4.74 Å². The number of fused-ring (bicyclic) bond motifs is 1. The van der Waals surface area contributed by atoms with Crippen molar-refractivity contribution in [1.82, 2.24) is 4.90 Å². The Morgan fingerprint density at radius 2 is 1.95 bits per heavy atom. The van der Waals surface area contributed by atoms with Crippen LogP contribution in [0.5, 0.6) is 5.75 Å². The van der Waals surface area contributed by atoms with E-state index in [2.05, 4.69) is 11.0 Å². The first-order chi connectivity index (χ1) is 9.56. The smallest absolute Gasteiger partial charge is 0.135 e. The molecule has 4 heteroatoms. The standard InChI is InChI=1S/C16H21NO3/c1-10-7-11(2)16-13(8-10)15(19)14(9-20-16)17-5-3-12(18)4-6-17/h7-8,14-15,19H,3-6,9H2,1-2H3. The maximum absolute atomic E-state index is 11.3. The van der Waals surface area contributed by atoms with Crippen LogP contribution in [0.15, 0.2) is 12.1 Å². The number of carbonyl (C=O) groups is 1. The summed E-state index contributed by atoms with van der Waals surface area (Å²) in [6.07, 6.45) is 0.636. The summed E-state index contributed by atoms with van der Waals surface area (Å²) in [6, 6.07) is 4.04. The predicted molar refractivity (Wildman–Crippen MR) is 76.0 cm³/mol. The van der Waals surface area contributed by atoms with Crippen molar-refractivity contribution in [3.63, 3.8) is 0 Å². The molecule has 0 bridgehead atoms. The first-order valence-electron chi connectivity index (χ1n) is 7.24. The molecule has 2 heterocycles. The SMILES string of the molecule is Cc1cc(C)c2c(c1)C(O)C(N1CCC(=O)CC1)CO2. The summed E-state index contributed by atoms with van der Waals surface area (Å²) < 4.78 is 5.89. The Morgan fingerprint density at radius 1 is 1.25 bits per heavy atom. The highest BCUT2D eigenvalue weighted by Gasteiger charge is 2.35. The van der Waals surface area contributed by atoms with Gasteiger partial charge in [-0.15, -0.1) is 0 Å². The molecule has 2 aliphatic heterocycles. The molecule has 1 aromatic rings. The molecule has 1 aromatic carbocycles. The fraction of sp³-hybridized carbons (Fsp3) is 0.562. The Morgan fingerprint density at radius 3 is 2.65 bits per heavy atom. The highest BCUT2D eigenvalue weighted by atomic mass is 16.5. The largest absolute Gasteiger partial charge is 0.491 e. The fourth-order valence-electron chi connectivity index (χ4n) is 3.28. The molecular weight excluding hydrogens is 254 g/mol. The number of likely N-dealkylation sites (tertiary alicyclic amines) is 1. The number of Topliss-reactive ketones (excluding diaryl/α,β-unsaturated/α-hetero) is 1.